The van der Waals surface area contributed by atoms with E-state index in [1.807, 2.05) is 13.0 Å². The second kappa shape index (κ2) is 4.63. The first-order valence-corrected chi connectivity index (χ1v) is 6.53. The number of carbonyl (C=O) groups excluding carboxylic acids is 1. The third-order valence-corrected chi connectivity index (χ3v) is 3.71. The highest BCUT2D eigenvalue weighted by Crippen LogP contribution is 2.33. The molecule has 0 atom stereocenters. The Hall–Kier alpha value is -2.36. The smallest absolute Gasteiger partial charge is 0.261 e. The van der Waals surface area contributed by atoms with Crippen LogP contribution in [0.5, 0.6) is 0 Å². The van der Waals surface area contributed by atoms with E-state index in [1.165, 1.54) is 12.1 Å². The minimum absolute atomic E-state index is 0.0968. The summed E-state index contributed by atoms with van der Waals surface area (Å²) in [5, 5.41) is 0. The van der Waals surface area contributed by atoms with Crippen molar-refractivity contribution in [2.24, 2.45) is 0 Å². The van der Waals surface area contributed by atoms with Gasteiger partial charge in [-0.25, -0.2) is 4.39 Å². The Kier molecular flexibility index (Phi) is 2.93. The van der Waals surface area contributed by atoms with Crippen molar-refractivity contribution in [2.45, 2.75) is 13.3 Å². The molecule has 0 aromatic heterocycles. The van der Waals surface area contributed by atoms with E-state index < -0.39 is 5.82 Å². The molecule has 2 aromatic carbocycles. The third kappa shape index (κ3) is 1.93. The van der Waals surface area contributed by atoms with Crippen LogP contribution in [0.2, 0.25) is 0 Å². The van der Waals surface area contributed by atoms with Gasteiger partial charge in [0.25, 0.3) is 5.91 Å². The van der Waals surface area contributed by atoms with Crippen molar-refractivity contribution in [3.8, 4) is 0 Å². The van der Waals surface area contributed by atoms with E-state index >= 15 is 0 Å². The Labute approximate surface area is 116 Å². The molecule has 1 amide bonds. The Morgan fingerprint density at radius 1 is 1.30 bits per heavy atom. The highest BCUT2D eigenvalue weighted by molar-refractivity contribution is 6.07. The molecule has 3 nitrogen and oxygen atoms in total. The van der Waals surface area contributed by atoms with E-state index in [2.05, 4.69) is 0 Å². The normalized spacial score (nSPS) is 13.4. The Balaban J connectivity index is 2.01. The van der Waals surface area contributed by atoms with Crippen molar-refractivity contribution < 1.29 is 9.18 Å². The summed E-state index contributed by atoms with van der Waals surface area (Å²) in [5.41, 5.74) is 9.54. The number of amides is 1. The number of aryl methyl sites for hydroxylation is 1. The van der Waals surface area contributed by atoms with Gasteiger partial charge in [0.1, 0.15) is 5.82 Å². The third-order valence-electron chi connectivity index (χ3n) is 3.71. The first kappa shape index (κ1) is 12.7. The van der Waals surface area contributed by atoms with Crippen molar-refractivity contribution in [1.29, 1.82) is 0 Å². The van der Waals surface area contributed by atoms with Gasteiger partial charge in [-0.1, -0.05) is 18.2 Å². The Bertz CT molecular complexity index is 697. The molecule has 0 saturated carbocycles. The summed E-state index contributed by atoms with van der Waals surface area (Å²) in [5.74, 6) is -0.809. The predicted molar refractivity (Wildman–Crippen MR) is 77.4 cm³/mol. The molecule has 20 heavy (non-hydrogen) atoms. The molecule has 1 aliphatic heterocycles. The summed E-state index contributed by atoms with van der Waals surface area (Å²) in [6.45, 7) is 2.50. The summed E-state index contributed by atoms with van der Waals surface area (Å²) >= 11 is 0. The molecule has 0 spiro atoms. The molecule has 2 N–H and O–H groups in total. The summed E-state index contributed by atoms with van der Waals surface area (Å²) in [6.07, 6.45) is 0.774. The van der Waals surface area contributed by atoms with Crippen LogP contribution in [0.1, 0.15) is 21.5 Å². The quantitative estimate of drug-likeness (QED) is 0.810. The fraction of sp³-hybridized carbons (Fsp3) is 0.188. The van der Waals surface area contributed by atoms with Gasteiger partial charge in [-0.3, -0.25) is 4.79 Å². The zero-order chi connectivity index (χ0) is 14.3. The van der Waals surface area contributed by atoms with Crippen LogP contribution < -0.4 is 10.6 Å². The molecule has 0 unspecified atom stereocenters. The van der Waals surface area contributed by atoms with Gasteiger partial charge in [-0.2, -0.15) is 0 Å². The van der Waals surface area contributed by atoms with E-state index in [1.54, 1.807) is 23.1 Å². The van der Waals surface area contributed by atoms with Gasteiger partial charge < -0.3 is 10.6 Å². The number of nitrogens with two attached hydrogens (primary N) is 1. The lowest BCUT2D eigenvalue weighted by Gasteiger charge is -2.18. The standard InChI is InChI=1S/C16H15FN2O/c1-10-8-11-6-7-19(15(11)9-14(10)18)16(20)12-4-2-3-5-13(12)17/h2-5,8-9H,6-7,18H2,1H3. The Morgan fingerprint density at radius 2 is 2.05 bits per heavy atom. The second-order valence-electron chi connectivity index (χ2n) is 5.02. The molecule has 0 bridgehead atoms. The van der Waals surface area contributed by atoms with Crippen LogP contribution in [-0.4, -0.2) is 12.5 Å². The number of benzene rings is 2. The van der Waals surface area contributed by atoms with Crippen molar-refractivity contribution in [1.82, 2.24) is 0 Å². The average molecular weight is 270 g/mol. The second-order valence-corrected chi connectivity index (χ2v) is 5.02. The SMILES string of the molecule is Cc1cc2c(cc1N)N(C(=O)c1ccccc1F)CC2. The van der Waals surface area contributed by atoms with Crippen LogP contribution in [0.4, 0.5) is 15.8 Å². The van der Waals surface area contributed by atoms with Crippen LogP contribution in [0.25, 0.3) is 0 Å². The number of hydrogen-bond acceptors (Lipinski definition) is 2. The molecule has 102 valence electrons. The number of halogens is 1. The van der Waals surface area contributed by atoms with Crippen molar-refractivity contribution in [3.05, 3.63) is 58.9 Å². The van der Waals surface area contributed by atoms with Crippen LogP contribution in [0.15, 0.2) is 36.4 Å². The van der Waals surface area contributed by atoms with E-state index in [4.69, 9.17) is 5.73 Å². The first-order valence-electron chi connectivity index (χ1n) is 6.53. The molecule has 4 heteroatoms. The molecule has 2 aromatic rings. The molecule has 0 aliphatic carbocycles. The molecular formula is C16H15FN2O. The van der Waals surface area contributed by atoms with Gasteiger partial charge in [-0.05, 0) is 42.7 Å². The fourth-order valence-corrected chi connectivity index (χ4v) is 2.57. The maximum atomic E-state index is 13.7. The molecule has 0 saturated heterocycles. The lowest BCUT2D eigenvalue weighted by Crippen LogP contribution is -2.29. The van der Waals surface area contributed by atoms with Gasteiger partial charge in [0.05, 0.1) is 5.56 Å². The number of nitrogen functional groups attached to an aromatic ring is 1. The number of fused-ring (bicyclic) bond motifs is 1. The van der Waals surface area contributed by atoms with Crippen LogP contribution in [0, 0.1) is 12.7 Å². The summed E-state index contributed by atoms with van der Waals surface area (Å²) in [7, 11) is 0. The highest BCUT2D eigenvalue weighted by Gasteiger charge is 2.27. The zero-order valence-electron chi connectivity index (χ0n) is 11.2. The molecular weight excluding hydrogens is 255 g/mol. The fourth-order valence-electron chi connectivity index (χ4n) is 2.57. The topological polar surface area (TPSA) is 46.3 Å². The molecule has 3 rings (SSSR count). The summed E-state index contributed by atoms with van der Waals surface area (Å²) < 4.78 is 13.7. The predicted octanol–water partition coefficient (Wildman–Crippen LogP) is 2.92. The lowest BCUT2D eigenvalue weighted by atomic mass is 10.1. The van der Waals surface area contributed by atoms with E-state index in [0.717, 1.165) is 23.2 Å². The van der Waals surface area contributed by atoms with Crippen LogP contribution >= 0.6 is 0 Å². The first-order chi connectivity index (χ1) is 9.58. The monoisotopic (exact) mass is 270 g/mol. The average Bonchev–Trinajstić information content (AvgIpc) is 2.82. The van der Waals surface area contributed by atoms with Crippen LogP contribution in [-0.2, 0) is 6.42 Å². The maximum Gasteiger partial charge on any atom is 0.261 e. The number of carbonyl (C=O) groups is 1. The minimum Gasteiger partial charge on any atom is -0.398 e. The van der Waals surface area contributed by atoms with Crippen molar-refractivity contribution in [3.63, 3.8) is 0 Å². The van der Waals surface area contributed by atoms with Gasteiger partial charge in [0.2, 0.25) is 0 Å². The van der Waals surface area contributed by atoms with Crippen molar-refractivity contribution >= 4 is 17.3 Å². The Morgan fingerprint density at radius 3 is 2.80 bits per heavy atom. The summed E-state index contributed by atoms with van der Waals surface area (Å²) in [6, 6.07) is 9.85. The molecule has 1 heterocycles. The number of hydrogen-bond donors (Lipinski definition) is 1. The summed E-state index contributed by atoms with van der Waals surface area (Å²) in [4.78, 5) is 14.1. The van der Waals surface area contributed by atoms with Gasteiger partial charge in [0, 0.05) is 17.9 Å². The van der Waals surface area contributed by atoms with E-state index in [9.17, 15) is 9.18 Å². The van der Waals surface area contributed by atoms with Crippen LogP contribution in [0.3, 0.4) is 0 Å². The highest BCUT2D eigenvalue weighted by atomic mass is 19.1. The van der Waals surface area contributed by atoms with Gasteiger partial charge in [-0.15, -0.1) is 0 Å². The van der Waals surface area contributed by atoms with E-state index in [0.29, 0.717) is 12.2 Å². The maximum absolute atomic E-state index is 13.7. The number of nitrogens with zero attached hydrogens (tertiary/aromatic N) is 1. The number of rotatable bonds is 1. The van der Waals surface area contributed by atoms with Gasteiger partial charge >= 0.3 is 0 Å². The van der Waals surface area contributed by atoms with E-state index in [-0.39, 0.29) is 11.5 Å². The zero-order valence-corrected chi connectivity index (χ0v) is 11.2. The molecule has 0 fully saturated rings. The minimum atomic E-state index is -0.494. The van der Waals surface area contributed by atoms with Gasteiger partial charge in [0.15, 0.2) is 0 Å². The lowest BCUT2D eigenvalue weighted by molar-refractivity contribution is 0.0985. The number of anilines is 2. The molecule has 0 radical (unpaired) electrons. The largest absolute Gasteiger partial charge is 0.398 e. The van der Waals surface area contributed by atoms with Crippen molar-refractivity contribution in [2.75, 3.05) is 17.2 Å². The molecule has 1 aliphatic rings.